The molecule has 0 saturated heterocycles. The quantitative estimate of drug-likeness (QED) is 0.715. The fourth-order valence-corrected chi connectivity index (χ4v) is 0.759. The largest absolute Gasteiger partial charge is 0.461 e. The molecular weight excluding hydrogens is 202 g/mol. The first kappa shape index (κ1) is 15.0. The summed E-state index contributed by atoms with van der Waals surface area (Å²) in [6.45, 7) is 3.73. The number of aliphatic hydroxyl groups is 1. The van der Waals surface area contributed by atoms with Gasteiger partial charge < -0.3 is 10.1 Å². The maximum Gasteiger partial charge on any atom is 0.277 e. The van der Waals surface area contributed by atoms with Gasteiger partial charge in [-0.2, -0.15) is 0 Å². The van der Waals surface area contributed by atoms with Gasteiger partial charge in [0.1, 0.15) is 0 Å². The minimum absolute atomic E-state index is 0. The summed E-state index contributed by atoms with van der Waals surface area (Å²) in [6.07, 6.45) is 1.78. The van der Waals surface area contributed by atoms with Crippen molar-refractivity contribution in [1.29, 1.82) is 0 Å². The van der Waals surface area contributed by atoms with Crippen molar-refractivity contribution in [2.45, 2.75) is 6.61 Å². The van der Waals surface area contributed by atoms with Gasteiger partial charge in [-0.05, 0) is 11.1 Å². The molecule has 1 aromatic carbocycles. The van der Waals surface area contributed by atoms with Crippen LogP contribution in [0.2, 0.25) is 0 Å². The summed E-state index contributed by atoms with van der Waals surface area (Å²) in [5.41, 5.74) is 2.02. The maximum atomic E-state index is 8.68. The van der Waals surface area contributed by atoms with Crippen LogP contribution >= 0.6 is 0 Å². The summed E-state index contributed by atoms with van der Waals surface area (Å²) in [7, 11) is 3.50. The number of hydrogen-bond donors (Lipinski definition) is 2. The Morgan fingerprint density at radius 1 is 1.23 bits per heavy atom. The van der Waals surface area contributed by atoms with Crippen LogP contribution in [0, 0.1) is 0 Å². The fourth-order valence-electron chi connectivity index (χ4n) is 0.759. The SMILES string of the molecule is C=Cc1ccc(CO)cc1.[B]O.[V]. The van der Waals surface area contributed by atoms with E-state index in [9.17, 15) is 0 Å². The Morgan fingerprint density at radius 2 is 1.69 bits per heavy atom. The molecule has 13 heavy (non-hydrogen) atoms. The molecule has 4 heteroatoms. The van der Waals surface area contributed by atoms with E-state index >= 15 is 0 Å². The molecule has 0 unspecified atom stereocenters. The van der Waals surface area contributed by atoms with Crippen LogP contribution in [-0.4, -0.2) is 18.2 Å². The van der Waals surface area contributed by atoms with Crippen molar-refractivity contribution in [3.8, 4) is 0 Å². The Kier molecular flexibility index (Phi) is 11.1. The summed E-state index contributed by atoms with van der Waals surface area (Å²) >= 11 is 0. The molecule has 2 nitrogen and oxygen atoms in total. The predicted molar refractivity (Wildman–Crippen MR) is 50.4 cm³/mol. The number of hydrogen-bond acceptors (Lipinski definition) is 2. The first-order chi connectivity index (χ1) is 5.86. The summed E-state index contributed by atoms with van der Waals surface area (Å²) in [5.74, 6) is 0. The zero-order chi connectivity index (χ0) is 9.40. The van der Waals surface area contributed by atoms with Crippen LogP contribution < -0.4 is 0 Å². The molecule has 0 saturated carbocycles. The van der Waals surface area contributed by atoms with E-state index in [1.54, 1.807) is 6.08 Å². The van der Waals surface area contributed by atoms with Gasteiger partial charge in [0.05, 0.1) is 6.61 Å². The van der Waals surface area contributed by atoms with Crippen molar-refractivity contribution in [3.63, 3.8) is 0 Å². The van der Waals surface area contributed by atoms with E-state index < -0.39 is 0 Å². The monoisotopic (exact) mass is 213 g/mol. The summed E-state index contributed by atoms with van der Waals surface area (Å²) < 4.78 is 0. The van der Waals surface area contributed by atoms with Crippen LogP contribution in [0.25, 0.3) is 6.08 Å². The first-order valence-electron chi connectivity index (χ1n) is 3.45. The Labute approximate surface area is 91.6 Å². The molecular formula is C9H11BO2V. The van der Waals surface area contributed by atoms with Crippen LogP contribution in [0.3, 0.4) is 0 Å². The van der Waals surface area contributed by atoms with Crippen LogP contribution in [0.1, 0.15) is 11.1 Å². The molecule has 0 bridgehead atoms. The smallest absolute Gasteiger partial charge is 0.277 e. The molecule has 0 aliphatic heterocycles. The molecule has 0 atom stereocenters. The van der Waals surface area contributed by atoms with Crippen LogP contribution in [0.4, 0.5) is 0 Å². The molecule has 3 radical (unpaired) electrons. The van der Waals surface area contributed by atoms with Gasteiger partial charge in [-0.25, -0.2) is 0 Å². The van der Waals surface area contributed by atoms with Crippen LogP contribution in [-0.2, 0) is 25.2 Å². The standard InChI is InChI=1S/C9H10O.BHO.V/c1-2-8-3-5-9(7-10)6-4-8;1-2;/h2-6,10H,1,7H2;2H;. The second kappa shape index (κ2) is 9.62. The Morgan fingerprint density at radius 3 is 2.00 bits per heavy atom. The molecule has 2 N–H and O–H groups in total. The molecule has 1 aromatic rings. The maximum absolute atomic E-state index is 8.68. The third-order valence-electron chi connectivity index (χ3n) is 1.40. The van der Waals surface area contributed by atoms with Gasteiger partial charge in [-0.15, -0.1) is 0 Å². The molecule has 0 aliphatic rings. The van der Waals surface area contributed by atoms with E-state index in [2.05, 4.69) is 14.6 Å². The van der Waals surface area contributed by atoms with Gasteiger partial charge in [-0.3, -0.25) is 0 Å². The molecule has 0 fully saturated rings. The van der Waals surface area contributed by atoms with Gasteiger partial charge in [-0.1, -0.05) is 36.9 Å². The second-order valence-corrected chi connectivity index (χ2v) is 2.10. The second-order valence-electron chi connectivity index (χ2n) is 2.10. The van der Waals surface area contributed by atoms with E-state index in [1.807, 2.05) is 24.3 Å². The number of benzene rings is 1. The average Bonchev–Trinajstić information content (AvgIpc) is 2.21. The van der Waals surface area contributed by atoms with Crippen molar-refractivity contribution in [2.75, 3.05) is 0 Å². The Balaban J connectivity index is 0. The third kappa shape index (κ3) is 5.72. The normalized spacial score (nSPS) is 7.54. The van der Waals surface area contributed by atoms with E-state index in [0.717, 1.165) is 11.1 Å². The summed E-state index contributed by atoms with van der Waals surface area (Å²) in [5, 5.41) is 15.2. The number of aliphatic hydroxyl groups excluding tert-OH is 1. The third-order valence-corrected chi connectivity index (χ3v) is 1.40. The Bertz CT molecular complexity index is 224. The van der Waals surface area contributed by atoms with Crippen molar-refractivity contribution < 1.29 is 28.7 Å². The first-order valence-corrected chi connectivity index (χ1v) is 3.45. The molecule has 0 amide bonds. The summed E-state index contributed by atoms with van der Waals surface area (Å²) in [6, 6.07) is 7.63. The Hall–Kier alpha value is -0.471. The predicted octanol–water partition coefficient (Wildman–Crippen LogP) is 0.882. The minimum Gasteiger partial charge on any atom is -0.461 e. The van der Waals surface area contributed by atoms with Crippen molar-refractivity contribution in [3.05, 3.63) is 42.0 Å². The fraction of sp³-hybridized carbons (Fsp3) is 0.111. The summed E-state index contributed by atoms with van der Waals surface area (Å²) in [4.78, 5) is 0. The minimum atomic E-state index is 0. The van der Waals surface area contributed by atoms with E-state index in [-0.39, 0.29) is 25.2 Å². The van der Waals surface area contributed by atoms with Gasteiger partial charge >= 0.3 is 0 Å². The topological polar surface area (TPSA) is 40.5 Å². The van der Waals surface area contributed by atoms with E-state index in [4.69, 9.17) is 10.1 Å². The van der Waals surface area contributed by atoms with Gasteiger partial charge in [0.25, 0.3) is 8.05 Å². The molecule has 0 heterocycles. The zero-order valence-electron chi connectivity index (χ0n) is 7.22. The molecule has 0 aliphatic carbocycles. The molecule has 0 aromatic heterocycles. The van der Waals surface area contributed by atoms with Gasteiger partial charge in [0, 0.05) is 18.6 Å². The van der Waals surface area contributed by atoms with Crippen molar-refractivity contribution in [2.24, 2.45) is 0 Å². The van der Waals surface area contributed by atoms with Crippen molar-refractivity contribution >= 4 is 14.1 Å². The molecule has 1 rings (SSSR count). The van der Waals surface area contributed by atoms with E-state index in [0.29, 0.717) is 0 Å². The number of rotatable bonds is 2. The molecule has 67 valence electrons. The van der Waals surface area contributed by atoms with Crippen LogP contribution in [0.15, 0.2) is 30.8 Å². The zero-order valence-corrected chi connectivity index (χ0v) is 8.62. The van der Waals surface area contributed by atoms with Crippen molar-refractivity contribution in [1.82, 2.24) is 0 Å². The van der Waals surface area contributed by atoms with Crippen LogP contribution in [0.5, 0.6) is 0 Å². The van der Waals surface area contributed by atoms with Gasteiger partial charge in [0.2, 0.25) is 0 Å². The average molecular weight is 213 g/mol. The van der Waals surface area contributed by atoms with Gasteiger partial charge in [0.15, 0.2) is 0 Å². The van der Waals surface area contributed by atoms with E-state index in [1.165, 1.54) is 0 Å². The molecule has 0 spiro atoms.